The Balaban J connectivity index is 1.35. The Morgan fingerprint density at radius 3 is 2.59 bits per heavy atom. The van der Waals surface area contributed by atoms with E-state index in [-0.39, 0.29) is 11.7 Å². The topological polar surface area (TPSA) is 72.3 Å². The van der Waals surface area contributed by atoms with Gasteiger partial charge in [0.1, 0.15) is 0 Å². The molecular formula is C18H21F2N5O2S2. The van der Waals surface area contributed by atoms with Crippen LogP contribution in [0.15, 0.2) is 34.3 Å². The van der Waals surface area contributed by atoms with Crippen LogP contribution in [0.2, 0.25) is 0 Å². The molecule has 4 rings (SSSR count). The van der Waals surface area contributed by atoms with Gasteiger partial charge < -0.3 is 15.0 Å². The lowest BCUT2D eigenvalue weighted by atomic mass is 10.3. The van der Waals surface area contributed by atoms with E-state index in [1.54, 1.807) is 24.3 Å². The molecule has 1 amide bonds. The van der Waals surface area contributed by atoms with Crippen LogP contribution in [0.1, 0.15) is 18.9 Å². The molecule has 1 saturated heterocycles. The Morgan fingerprint density at radius 1 is 1.21 bits per heavy atom. The molecule has 1 aromatic heterocycles. The fourth-order valence-electron chi connectivity index (χ4n) is 3.05. The molecule has 1 aliphatic heterocycles. The minimum Gasteiger partial charge on any atom is -0.378 e. The van der Waals surface area contributed by atoms with Crippen LogP contribution in [-0.2, 0) is 9.53 Å². The van der Waals surface area contributed by atoms with Gasteiger partial charge in [-0.15, -0.1) is 10.2 Å². The Hall–Kier alpha value is -1.85. The highest BCUT2D eigenvalue weighted by atomic mass is 32.2. The minimum atomic E-state index is -2.46. The van der Waals surface area contributed by atoms with Crippen molar-refractivity contribution in [3.63, 3.8) is 0 Å². The molecule has 0 bridgehead atoms. The van der Waals surface area contributed by atoms with Gasteiger partial charge in [0.2, 0.25) is 11.9 Å². The normalized spacial score (nSPS) is 17.0. The van der Waals surface area contributed by atoms with E-state index < -0.39 is 5.76 Å². The second-order valence-corrected chi connectivity index (χ2v) is 8.73. The number of carbonyl (C=O) groups excluding carboxylic acids is 1. The first-order valence-corrected chi connectivity index (χ1v) is 11.2. The highest BCUT2D eigenvalue weighted by Gasteiger charge is 2.32. The van der Waals surface area contributed by atoms with Gasteiger partial charge in [0, 0.05) is 29.7 Å². The number of rotatable bonds is 8. The van der Waals surface area contributed by atoms with E-state index in [2.05, 4.69) is 25.0 Å². The third-order valence-corrected chi connectivity index (χ3v) is 6.21. The zero-order valence-electron chi connectivity index (χ0n) is 15.6. The molecule has 2 aromatic rings. The Morgan fingerprint density at radius 2 is 1.93 bits per heavy atom. The van der Waals surface area contributed by atoms with Crippen molar-refractivity contribution in [2.45, 2.75) is 34.7 Å². The molecule has 2 fully saturated rings. The fraction of sp³-hybridized carbons (Fsp3) is 0.500. The summed E-state index contributed by atoms with van der Waals surface area (Å²) in [6.07, 6.45) is 2.19. The van der Waals surface area contributed by atoms with Crippen LogP contribution in [0.25, 0.3) is 0 Å². The molecule has 2 aliphatic rings. The van der Waals surface area contributed by atoms with Gasteiger partial charge in [0.05, 0.1) is 19.0 Å². The van der Waals surface area contributed by atoms with Gasteiger partial charge in [-0.2, -0.15) is 8.78 Å². The van der Waals surface area contributed by atoms with Crippen LogP contribution in [0.4, 0.5) is 20.4 Å². The first kappa shape index (κ1) is 20.4. The van der Waals surface area contributed by atoms with Crippen molar-refractivity contribution in [3.8, 4) is 0 Å². The van der Waals surface area contributed by atoms with Gasteiger partial charge in [0.25, 0.3) is 5.76 Å². The number of anilines is 2. The number of amides is 1. The number of hydrogen-bond donors (Lipinski definition) is 1. The number of alkyl halides is 2. The minimum absolute atomic E-state index is 0.178. The molecule has 0 atom stereocenters. The summed E-state index contributed by atoms with van der Waals surface area (Å²) in [7, 11) is 0. The number of halogens is 2. The average Bonchev–Trinajstić information content (AvgIpc) is 3.47. The van der Waals surface area contributed by atoms with Crippen LogP contribution >= 0.6 is 23.5 Å². The predicted molar refractivity (Wildman–Crippen MR) is 109 cm³/mol. The Bertz CT molecular complexity index is 839. The number of nitrogens with one attached hydrogen (secondary N) is 1. The molecule has 0 radical (unpaired) electrons. The molecule has 1 aliphatic carbocycles. The van der Waals surface area contributed by atoms with Crippen molar-refractivity contribution in [1.29, 1.82) is 0 Å². The van der Waals surface area contributed by atoms with Gasteiger partial charge >= 0.3 is 0 Å². The molecule has 11 heteroatoms. The van der Waals surface area contributed by atoms with Gasteiger partial charge in [-0.05, 0) is 37.1 Å². The molecule has 2 heterocycles. The Labute approximate surface area is 175 Å². The number of carbonyl (C=O) groups is 1. The van der Waals surface area contributed by atoms with Crippen molar-refractivity contribution in [1.82, 2.24) is 14.8 Å². The summed E-state index contributed by atoms with van der Waals surface area (Å²) >= 11 is 1.83. The SMILES string of the molecule is O=C(CSc1nnc(N2CCOCC2)n1C1CC1)Nc1ccc(SC(F)F)cc1. The molecule has 1 saturated carbocycles. The zero-order chi connectivity index (χ0) is 20.2. The summed E-state index contributed by atoms with van der Waals surface area (Å²) in [6.45, 7) is 2.93. The van der Waals surface area contributed by atoms with Gasteiger partial charge in [-0.3, -0.25) is 9.36 Å². The highest BCUT2D eigenvalue weighted by molar-refractivity contribution is 8.00. The molecule has 29 heavy (non-hydrogen) atoms. The maximum absolute atomic E-state index is 12.4. The van der Waals surface area contributed by atoms with Gasteiger partial charge in [-0.1, -0.05) is 23.5 Å². The number of ether oxygens (including phenoxy) is 1. The van der Waals surface area contributed by atoms with E-state index in [0.717, 1.165) is 37.0 Å². The molecule has 1 aromatic carbocycles. The van der Waals surface area contributed by atoms with E-state index in [4.69, 9.17) is 4.74 Å². The summed E-state index contributed by atoms with van der Waals surface area (Å²) in [5, 5.41) is 12.2. The lowest BCUT2D eigenvalue weighted by Gasteiger charge is -2.27. The molecule has 7 nitrogen and oxygen atoms in total. The van der Waals surface area contributed by atoms with E-state index in [9.17, 15) is 13.6 Å². The summed E-state index contributed by atoms with van der Waals surface area (Å²) in [4.78, 5) is 14.9. The largest absolute Gasteiger partial charge is 0.378 e. The number of nitrogens with zero attached hydrogens (tertiary/aromatic N) is 4. The molecule has 1 N–H and O–H groups in total. The van der Waals surface area contributed by atoms with Gasteiger partial charge in [0.15, 0.2) is 5.16 Å². The lowest BCUT2D eigenvalue weighted by molar-refractivity contribution is -0.113. The van der Waals surface area contributed by atoms with E-state index in [0.29, 0.717) is 41.6 Å². The van der Waals surface area contributed by atoms with E-state index >= 15 is 0 Å². The maximum Gasteiger partial charge on any atom is 0.288 e. The smallest absolute Gasteiger partial charge is 0.288 e. The van der Waals surface area contributed by atoms with Crippen molar-refractivity contribution < 1.29 is 18.3 Å². The average molecular weight is 442 g/mol. The third kappa shape index (κ3) is 5.40. The molecule has 0 spiro atoms. The quantitative estimate of drug-likeness (QED) is 0.629. The fourth-order valence-corrected chi connectivity index (χ4v) is 4.35. The van der Waals surface area contributed by atoms with Crippen LogP contribution in [0.5, 0.6) is 0 Å². The summed E-state index contributed by atoms with van der Waals surface area (Å²) in [6, 6.07) is 6.77. The summed E-state index contributed by atoms with van der Waals surface area (Å²) < 4.78 is 32.3. The van der Waals surface area contributed by atoms with E-state index in [1.165, 1.54) is 11.8 Å². The predicted octanol–water partition coefficient (Wildman–Crippen LogP) is 3.50. The lowest BCUT2D eigenvalue weighted by Crippen LogP contribution is -2.38. The molecule has 156 valence electrons. The zero-order valence-corrected chi connectivity index (χ0v) is 17.2. The van der Waals surface area contributed by atoms with E-state index in [1.807, 2.05) is 0 Å². The monoisotopic (exact) mass is 441 g/mol. The van der Waals surface area contributed by atoms with Crippen molar-refractivity contribution >= 4 is 41.1 Å². The van der Waals surface area contributed by atoms with Crippen molar-refractivity contribution in [3.05, 3.63) is 24.3 Å². The first-order valence-electron chi connectivity index (χ1n) is 9.35. The standard InChI is InChI=1S/C18H21F2N5O2S2/c19-16(20)29-14-5-1-12(2-6-14)21-15(26)11-28-18-23-22-17(25(18)13-3-4-13)24-7-9-27-10-8-24/h1-2,5-6,13,16H,3-4,7-11H2,(H,21,26). The van der Waals surface area contributed by atoms with Crippen LogP contribution in [0.3, 0.4) is 0 Å². The number of hydrogen-bond acceptors (Lipinski definition) is 7. The third-order valence-electron chi connectivity index (χ3n) is 4.55. The molecule has 0 unspecified atom stereocenters. The highest BCUT2D eigenvalue weighted by Crippen LogP contribution is 2.41. The van der Waals surface area contributed by atoms with Crippen LogP contribution in [-0.4, -0.2) is 58.5 Å². The molecular weight excluding hydrogens is 420 g/mol. The Kier molecular flexibility index (Phi) is 6.56. The second kappa shape index (κ2) is 9.31. The number of thioether (sulfide) groups is 2. The number of morpholine rings is 1. The summed E-state index contributed by atoms with van der Waals surface area (Å²) in [5.74, 6) is -1.59. The van der Waals surface area contributed by atoms with Crippen LogP contribution in [0, 0.1) is 0 Å². The second-order valence-electron chi connectivity index (χ2n) is 6.72. The first-order chi connectivity index (χ1) is 14.1. The van der Waals surface area contributed by atoms with Gasteiger partial charge in [-0.25, -0.2) is 0 Å². The number of aromatic nitrogens is 3. The summed E-state index contributed by atoms with van der Waals surface area (Å²) in [5.41, 5.74) is 0.576. The van der Waals surface area contributed by atoms with Crippen molar-refractivity contribution in [2.24, 2.45) is 0 Å². The van der Waals surface area contributed by atoms with Crippen LogP contribution < -0.4 is 10.2 Å². The van der Waals surface area contributed by atoms with Crippen molar-refractivity contribution in [2.75, 3.05) is 42.3 Å². The maximum atomic E-state index is 12.4. The number of benzene rings is 1.